The Morgan fingerprint density at radius 2 is 1.38 bits per heavy atom. The van der Waals surface area contributed by atoms with Crippen LogP contribution in [0.3, 0.4) is 0 Å². The fourth-order valence-electron chi connectivity index (χ4n) is 2.89. The van der Waals surface area contributed by atoms with Crippen LogP contribution in [0.2, 0.25) is 0 Å². The Bertz CT molecular complexity index is 1090. The average molecular weight is 384 g/mol. The largest absolute Gasteiger partial charge is 0.457 e. The molecule has 0 unspecified atom stereocenters. The van der Waals surface area contributed by atoms with Crippen LogP contribution in [-0.4, -0.2) is 18.2 Å². The van der Waals surface area contributed by atoms with Crippen molar-refractivity contribution < 1.29 is 19.1 Å². The van der Waals surface area contributed by atoms with Gasteiger partial charge in [-0.2, -0.15) is 0 Å². The summed E-state index contributed by atoms with van der Waals surface area (Å²) in [7, 11) is 0. The maximum Gasteiger partial charge on any atom is 0.333 e. The Balaban J connectivity index is 1.52. The van der Waals surface area contributed by atoms with Gasteiger partial charge in [0, 0.05) is 5.56 Å². The fraction of sp³-hybridized carbons (Fsp3) is 0. The fourth-order valence-corrected chi connectivity index (χ4v) is 2.89. The second kappa shape index (κ2) is 7.82. The Labute approximate surface area is 167 Å². The summed E-state index contributed by atoms with van der Waals surface area (Å²) in [5.41, 5.74) is 1.84. The van der Waals surface area contributed by atoms with Crippen LogP contribution in [0.1, 0.15) is 15.9 Å². The molecular formula is C23H16N2O4. The van der Waals surface area contributed by atoms with Crippen molar-refractivity contribution in [1.82, 2.24) is 5.32 Å². The molecule has 1 aliphatic rings. The molecule has 6 heteroatoms. The van der Waals surface area contributed by atoms with E-state index in [0.717, 1.165) is 11.2 Å². The molecule has 0 radical (unpaired) electrons. The molecule has 0 spiro atoms. The minimum Gasteiger partial charge on any atom is -0.457 e. The summed E-state index contributed by atoms with van der Waals surface area (Å²) in [4.78, 5) is 36.9. The third-order valence-electron chi connectivity index (χ3n) is 4.34. The lowest BCUT2D eigenvalue weighted by atomic mass is 10.1. The summed E-state index contributed by atoms with van der Waals surface area (Å²) in [6.07, 6.45) is 2.31. The van der Waals surface area contributed by atoms with Gasteiger partial charge in [0.15, 0.2) is 0 Å². The van der Waals surface area contributed by atoms with Gasteiger partial charge in [0.1, 0.15) is 23.5 Å². The van der Waals surface area contributed by atoms with Gasteiger partial charge in [-0.25, -0.2) is 9.69 Å². The Morgan fingerprint density at radius 1 is 0.759 bits per heavy atom. The van der Waals surface area contributed by atoms with Crippen molar-refractivity contribution in [2.75, 3.05) is 4.90 Å². The number of nitrogens with zero attached hydrogens (tertiary/aromatic N) is 1. The number of para-hydroxylation sites is 1. The number of hydrogen-bond donors (Lipinski definition) is 1. The van der Waals surface area contributed by atoms with Crippen molar-refractivity contribution in [3.05, 3.63) is 95.7 Å². The number of carbonyl (C=O) groups excluding carboxylic acids is 3. The number of carbonyl (C=O) groups is 3. The van der Waals surface area contributed by atoms with Crippen molar-refractivity contribution in [2.45, 2.75) is 0 Å². The molecule has 0 bridgehead atoms. The second-order valence-corrected chi connectivity index (χ2v) is 6.32. The lowest BCUT2D eigenvalue weighted by molar-refractivity contribution is -0.113. The highest BCUT2D eigenvalue weighted by Gasteiger charge is 2.34. The van der Waals surface area contributed by atoms with Crippen LogP contribution in [0, 0.1) is 0 Å². The summed E-state index contributed by atoms with van der Waals surface area (Å²) < 4.78 is 5.73. The highest BCUT2D eigenvalue weighted by molar-refractivity contribution is 6.28. The monoisotopic (exact) mass is 384 g/mol. The zero-order chi connectivity index (χ0) is 20.2. The predicted molar refractivity (Wildman–Crippen MR) is 109 cm³/mol. The first kappa shape index (κ1) is 18.2. The van der Waals surface area contributed by atoms with Crippen LogP contribution in [0.5, 0.6) is 11.5 Å². The van der Waals surface area contributed by atoms with Crippen molar-refractivity contribution in [3.63, 3.8) is 0 Å². The maximum absolute atomic E-state index is 12.7. The molecule has 3 amide bonds. The molecule has 0 aromatic heterocycles. The molecule has 1 N–H and O–H groups in total. The molecule has 142 valence electrons. The molecule has 3 aromatic carbocycles. The second-order valence-electron chi connectivity index (χ2n) is 6.32. The molecule has 4 rings (SSSR count). The first-order valence-electron chi connectivity index (χ1n) is 8.89. The molecular weight excluding hydrogens is 368 g/mol. The predicted octanol–water partition coefficient (Wildman–Crippen LogP) is 4.39. The van der Waals surface area contributed by atoms with E-state index in [1.165, 1.54) is 0 Å². The summed E-state index contributed by atoms with van der Waals surface area (Å²) in [6.45, 7) is 0. The highest BCUT2D eigenvalue weighted by Crippen LogP contribution is 2.27. The number of imide groups is 1. The third kappa shape index (κ3) is 3.91. The minimum absolute atomic E-state index is 0.165. The smallest absolute Gasteiger partial charge is 0.333 e. The molecule has 0 aliphatic carbocycles. The molecule has 3 aromatic rings. The van der Waals surface area contributed by atoms with E-state index in [1.54, 1.807) is 54.6 Å². The summed E-state index contributed by atoms with van der Waals surface area (Å²) >= 11 is 0. The van der Waals surface area contributed by atoms with E-state index in [0.29, 0.717) is 28.3 Å². The standard InChI is InChI=1S/C23H16N2O4/c26-15-17-8-6-16(7-9-17)14-21-22(27)25(23(28)24-21)18-10-12-20(13-11-18)29-19-4-2-1-3-5-19/h1-15H,(H,24,28). The van der Waals surface area contributed by atoms with Crippen molar-refractivity contribution in [2.24, 2.45) is 0 Å². The summed E-state index contributed by atoms with van der Waals surface area (Å²) in [6, 6.07) is 22.2. The van der Waals surface area contributed by atoms with Gasteiger partial charge < -0.3 is 10.1 Å². The first-order valence-corrected chi connectivity index (χ1v) is 8.89. The molecule has 1 aliphatic heterocycles. The van der Waals surface area contributed by atoms with E-state index in [1.807, 2.05) is 30.3 Å². The van der Waals surface area contributed by atoms with E-state index >= 15 is 0 Å². The number of hydrogen-bond acceptors (Lipinski definition) is 4. The van der Waals surface area contributed by atoms with Gasteiger partial charge in [-0.3, -0.25) is 9.59 Å². The van der Waals surface area contributed by atoms with Crippen LogP contribution in [0.4, 0.5) is 10.5 Å². The zero-order valence-electron chi connectivity index (χ0n) is 15.2. The van der Waals surface area contributed by atoms with Crippen LogP contribution in [-0.2, 0) is 4.79 Å². The van der Waals surface area contributed by atoms with Crippen molar-refractivity contribution in [1.29, 1.82) is 0 Å². The van der Waals surface area contributed by atoms with Crippen LogP contribution in [0.25, 0.3) is 6.08 Å². The number of anilines is 1. The van der Waals surface area contributed by atoms with Gasteiger partial charge in [-0.1, -0.05) is 42.5 Å². The number of nitrogens with one attached hydrogen (secondary N) is 1. The molecule has 1 heterocycles. The SMILES string of the molecule is O=Cc1ccc(C=C2NC(=O)N(c3ccc(Oc4ccccc4)cc3)C2=O)cc1. The van der Waals surface area contributed by atoms with E-state index in [9.17, 15) is 14.4 Å². The van der Waals surface area contributed by atoms with Gasteiger partial charge in [0.2, 0.25) is 0 Å². The number of aldehydes is 1. The Hall–Kier alpha value is -4.19. The Kier molecular flexibility index (Phi) is 4.90. The average Bonchev–Trinajstić information content (AvgIpc) is 3.03. The zero-order valence-corrected chi connectivity index (χ0v) is 15.2. The van der Waals surface area contributed by atoms with Gasteiger partial charge in [0.25, 0.3) is 5.91 Å². The first-order chi connectivity index (χ1) is 14.1. The highest BCUT2D eigenvalue weighted by atomic mass is 16.5. The minimum atomic E-state index is -0.525. The van der Waals surface area contributed by atoms with E-state index in [2.05, 4.69) is 5.32 Å². The number of rotatable bonds is 5. The van der Waals surface area contributed by atoms with Crippen LogP contribution in [0.15, 0.2) is 84.6 Å². The molecule has 29 heavy (non-hydrogen) atoms. The van der Waals surface area contributed by atoms with Gasteiger partial charge in [-0.05, 0) is 48.0 Å². The molecule has 1 fully saturated rings. The molecule has 1 saturated heterocycles. The number of urea groups is 1. The molecule has 0 saturated carbocycles. The molecule has 6 nitrogen and oxygen atoms in total. The van der Waals surface area contributed by atoms with E-state index in [4.69, 9.17) is 4.74 Å². The lowest BCUT2D eigenvalue weighted by Gasteiger charge is -2.13. The Morgan fingerprint density at radius 3 is 2.03 bits per heavy atom. The summed E-state index contributed by atoms with van der Waals surface area (Å²) in [5, 5.41) is 2.58. The quantitative estimate of drug-likeness (QED) is 0.402. The maximum atomic E-state index is 12.7. The lowest BCUT2D eigenvalue weighted by Crippen LogP contribution is -2.30. The van der Waals surface area contributed by atoms with Crippen molar-refractivity contribution in [3.8, 4) is 11.5 Å². The summed E-state index contributed by atoms with van der Waals surface area (Å²) in [5.74, 6) is 0.838. The number of benzene rings is 3. The van der Waals surface area contributed by atoms with E-state index < -0.39 is 11.9 Å². The third-order valence-corrected chi connectivity index (χ3v) is 4.34. The number of amides is 3. The van der Waals surface area contributed by atoms with Crippen LogP contribution < -0.4 is 15.0 Å². The topological polar surface area (TPSA) is 75.7 Å². The van der Waals surface area contributed by atoms with Gasteiger partial charge in [0.05, 0.1) is 5.69 Å². The van der Waals surface area contributed by atoms with Crippen molar-refractivity contribution >= 4 is 30.0 Å². The van der Waals surface area contributed by atoms with Gasteiger partial charge in [-0.15, -0.1) is 0 Å². The number of ether oxygens (including phenoxy) is 1. The van der Waals surface area contributed by atoms with E-state index in [-0.39, 0.29) is 5.70 Å². The van der Waals surface area contributed by atoms with Crippen LogP contribution >= 0.6 is 0 Å². The molecule has 0 atom stereocenters. The normalized spacial score (nSPS) is 14.8. The van der Waals surface area contributed by atoms with Gasteiger partial charge >= 0.3 is 6.03 Å².